The number of hydrogen-bond donors (Lipinski definition) is 8. The van der Waals surface area contributed by atoms with Crippen molar-refractivity contribution >= 4 is 53.0 Å². The summed E-state index contributed by atoms with van der Waals surface area (Å²) in [4.78, 5) is 105. The zero-order valence-corrected chi connectivity index (χ0v) is 43.2. The molecule has 2 aliphatic heterocycles. The van der Waals surface area contributed by atoms with Crippen molar-refractivity contribution in [2.75, 3.05) is 25.0 Å². The van der Waals surface area contributed by atoms with Crippen LogP contribution in [0.5, 0.6) is 0 Å². The Labute approximate surface area is 432 Å². The zero-order chi connectivity index (χ0) is 53.5. The van der Waals surface area contributed by atoms with E-state index < -0.39 is 89.6 Å². The number of benzene rings is 1. The number of rotatable bonds is 23. The van der Waals surface area contributed by atoms with Crippen molar-refractivity contribution < 1.29 is 62.8 Å². The molecule has 2 unspecified atom stereocenters. The molecule has 20 nitrogen and oxygen atoms in total. The third-order valence-electron chi connectivity index (χ3n) is 16.4. The van der Waals surface area contributed by atoms with Gasteiger partial charge >= 0.3 is 12.1 Å². The Morgan fingerprint density at radius 3 is 2.41 bits per heavy atom. The van der Waals surface area contributed by atoms with Crippen molar-refractivity contribution in [2.45, 2.75) is 161 Å². The molecule has 0 radical (unpaired) electrons. The number of ether oxygens (including phenoxy) is 3. The van der Waals surface area contributed by atoms with E-state index >= 15 is 0 Å². The number of nitrogens with two attached hydrogens (primary N) is 1. The fourth-order valence-electron chi connectivity index (χ4n) is 12.7. The van der Waals surface area contributed by atoms with Gasteiger partial charge in [-0.2, -0.15) is 0 Å². The molecule has 2 heterocycles. The number of amides is 7. The third-order valence-corrected chi connectivity index (χ3v) is 16.4. The fourth-order valence-corrected chi connectivity index (χ4v) is 12.7. The Morgan fingerprint density at radius 2 is 1.72 bits per heavy atom. The predicted molar refractivity (Wildman–Crippen MR) is 270 cm³/mol. The highest BCUT2D eigenvalue weighted by Crippen LogP contribution is 2.69. The van der Waals surface area contributed by atoms with Gasteiger partial charge in [-0.1, -0.05) is 71.2 Å². The van der Waals surface area contributed by atoms with Gasteiger partial charge < -0.3 is 61.6 Å². The number of Topliss-reactive ketones (excluding diaryl/α,β-unsaturated/α-hetero) is 1. The van der Waals surface area contributed by atoms with E-state index in [9.17, 15) is 48.6 Å². The van der Waals surface area contributed by atoms with Crippen LogP contribution in [0.3, 0.4) is 0 Å². The molecule has 0 aromatic heterocycles. The van der Waals surface area contributed by atoms with Gasteiger partial charge in [0, 0.05) is 54.6 Å². The summed E-state index contributed by atoms with van der Waals surface area (Å²) in [6.45, 7) is 9.59. The average Bonchev–Trinajstić information content (AvgIpc) is 3.97. The van der Waals surface area contributed by atoms with E-state index in [1.807, 2.05) is 19.9 Å². The van der Waals surface area contributed by atoms with Crippen LogP contribution in [0.25, 0.3) is 0 Å². The van der Waals surface area contributed by atoms with Crippen molar-refractivity contribution in [1.29, 1.82) is 0 Å². The topological polar surface area (TPSA) is 294 Å². The molecule has 12 atom stereocenters. The zero-order valence-electron chi connectivity index (χ0n) is 43.2. The molecule has 6 aliphatic rings. The lowest BCUT2D eigenvalue weighted by Gasteiger charge is -2.59. The smallest absolute Gasteiger partial charge is 0.407 e. The number of primary amides is 1. The van der Waals surface area contributed by atoms with Crippen molar-refractivity contribution in [2.24, 2.45) is 40.2 Å². The molecule has 74 heavy (non-hydrogen) atoms. The number of carbonyl (C=O) groups is 8. The molecule has 1 saturated heterocycles. The molecule has 404 valence electrons. The van der Waals surface area contributed by atoms with E-state index in [0.717, 1.165) is 18.4 Å². The summed E-state index contributed by atoms with van der Waals surface area (Å²) in [5.41, 5.74) is 4.52. The number of carbonyl (C=O) groups excluding carboxylic acids is 8. The van der Waals surface area contributed by atoms with E-state index in [4.69, 9.17) is 19.9 Å². The monoisotopic (exact) mass is 1030 g/mol. The lowest BCUT2D eigenvalue weighted by Crippen LogP contribution is -2.63. The first-order valence-electron chi connectivity index (χ1n) is 26.3. The second-order valence-corrected chi connectivity index (χ2v) is 21.6. The van der Waals surface area contributed by atoms with E-state index in [1.165, 1.54) is 17.1 Å². The summed E-state index contributed by atoms with van der Waals surface area (Å²) >= 11 is 0. The molecule has 9 N–H and O–H groups in total. The number of urea groups is 1. The molecule has 0 bridgehead atoms. The first-order valence-corrected chi connectivity index (χ1v) is 26.3. The maximum absolute atomic E-state index is 14.6. The maximum Gasteiger partial charge on any atom is 0.407 e. The lowest BCUT2D eigenvalue weighted by molar-refractivity contribution is -0.200. The van der Waals surface area contributed by atoms with Gasteiger partial charge in [-0.25, -0.2) is 9.59 Å². The number of nitrogens with one attached hydrogen (secondary N) is 5. The van der Waals surface area contributed by atoms with Crippen LogP contribution < -0.4 is 32.3 Å². The molecule has 20 heteroatoms. The Bertz CT molecular complexity index is 2390. The van der Waals surface area contributed by atoms with Gasteiger partial charge in [-0.3, -0.25) is 28.8 Å². The quantitative estimate of drug-likeness (QED) is 0.0722. The van der Waals surface area contributed by atoms with Crippen LogP contribution in [-0.4, -0.2) is 125 Å². The number of fused-ring (bicyclic) bond motifs is 7. The van der Waals surface area contributed by atoms with Crippen molar-refractivity contribution in [3.8, 4) is 0 Å². The van der Waals surface area contributed by atoms with Crippen molar-refractivity contribution in [1.82, 2.24) is 26.2 Å². The van der Waals surface area contributed by atoms with Crippen LogP contribution in [0.1, 0.15) is 117 Å². The van der Waals surface area contributed by atoms with E-state index in [-0.39, 0.29) is 80.0 Å². The molecular weight excluding hydrogens is 955 g/mol. The van der Waals surface area contributed by atoms with Gasteiger partial charge in [0.05, 0.1) is 12.2 Å². The summed E-state index contributed by atoms with van der Waals surface area (Å²) in [6, 6.07) is 3.83. The molecule has 7 amide bonds. The third kappa shape index (κ3) is 11.9. The predicted octanol–water partition coefficient (Wildman–Crippen LogP) is 3.94. The van der Waals surface area contributed by atoms with Gasteiger partial charge in [-0.15, -0.1) is 0 Å². The first-order chi connectivity index (χ1) is 35.2. The average molecular weight is 1030 g/mol. The number of aliphatic hydroxyl groups excluding tert-OH is 2. The summed E-state index contributed by atoms with van der Waals surface area (Å²) in [5.74, 6) is -2.69. The summed E-state index contributed by atoms with van der Waals surface area (Å²) in [5, 5.41) is 35.4. The number of aliphatic hydroxyl groups is 2. The van der Waals surface area contributed by atoms with Gasteiger partial charge in [0.25, 0.3) is 0 Å². The minimum atomic E-state index is -1.45. The number of hydrogen-bond acceptors (Lipinski definition) is 13. The Kier molecular flexibility index (Phi) is 17.9. The van der Waals surface area contributed by atoms with Crippen LogP contribution in [0.2, 0.25) is 0 Å². The normalized spacial score (nSPS) is 30.3. The second-order valence-electron chi connectivity index (χ2n) is 21.6. The molecule has 3 saturated carbocycles. The number of allylic oxidation sites excluding steroid dienone is 4. The van der Waals surface area contributed by atoms with Crippen LogP contribution in [0.15, 0.2) is 60.2 Å². The van der Waals surface area contributed by atoms with E-state index in [2.05, 4.69) is 33.5 Å². The highest BCUT2D eigenvalue weighted by atomic mass is 16.7. The minimum Gasteiger partial charge on any atom is -0.441 e. The molecule has 7 rings (SSSR count). The van der Waals surface area contributed by atoms with Gasteiger partial charge in [0.15, 0.2) is 24.3 Å². The van der Waals surface area contributed by atoms with Gasteiger partial charge in [-0.05, 0) is 111 Å². The minimum absolute atomic E-state index is 0.0207. The highest BCUT2D eigenvalue weighted by Gasteiger charge is 2.76. The Morgan fingerprint density at radius 1 is 0.959 bits per heavy atom. The molecule has 4 aliphatic carbocycles. The maximum atomic E-state index is 14.6. The van der Waals surface area contributed by atoms with E-state index in [1.54, 1.807) is 50.3 Å². The highest BCUT2D eigenvalue weighted by molar-refractivity contribution is 6.01. The number of ketones is 2. The second kappa shape index (κ2) is 23.7. The van der Waals surface area contributed by atoms with Crippen LogP contribution in [0.4, 0.5) is 15.3 Å². The lowest BCUT2D eigenvalue weighted by atomic mass is 9.46. The Hall–Kier alpha value is -5.96. The first kappa shape index (κ1) is 55.8. The van der Waals surface area contributed by atoms with Gasteiger partial charge in [0.1, 0.15) is 18.3 Å². The summed E-state index contributed by atoms with van der Waals surface area (Å²) < 4.78 is 18.8. The molecule has 4 fully saturated rings. The van der Waals surface area contributed by atoms with Crippen LogP contribution >= 0.6 is 0 Å². The van der Waals surface area contributed by atoms with Crippen molar-refractivity contribution in [3.63, 3.8) is 0 Å². The van der Waals surface area contributed by atoms with Crippen LogP contribution in [-0.2, 0) is 49.5 Å². The SMILES string of the molecule is CCCC1O[C@@H]2C[C@H]3[C@@H]4CCC5=CC(=O)C=C[C@]5(C)[C@H]4[C@@H](O)C[C@]3(C)[C@]2(C(=O)COC(=O)NCc2ccc(NC(=O)[C@H](CCCNC(N)=O)NC(=O)[C@@H](NC(=O)CCCCCN3C(=O)C=CC3O)C(C)C)cc2)O1. The van der Waals surface area contributed by atoms with E-state index in [0.29, 0.717) is 56.3 Å². The summed E-state index contributed by atoms with van der Waals surface area (Å²) in [7, 11) is 0. The Balaban J connectivity index is 0.914. The molecule has 1 aromatic carbocycles. The number of alkyl carbamates (subject to hydrolysis) is 1. The number of anilines is 1. The molecule has 1 aromatic rings. The molecular formula is C54H75N7O13. The van der Waals surface area contributed by atoms with Crippen molar-refractivity contribution in [3.05, 3.63) is 65.8 Å². The van der Waals surface area contributed by atoms with Gasteiger partial charge in [0.2, 0.25) is 29.4 Å². The largest absolute Gasteiger partial charge is 0.441 e. The molecule has 0 spiro atoms. The number of unbranched alkanes of at least 4 members (excludes halogenated alkanes) is 2. The number of nitrogens with zero attached hydrogens (tertiary/aromatic N) is 1. The summed E-state index contributed by atoms with van der Waals surface area (Å²) in [6.07, 6.45) is 10.1. The van der Waals surface area contributed by atoms with Crippen LogP contribution in [0, 0.1) is 34.5 Å². The fraction of sp³-hybridized carbons (Fsp3) is 0.630. The standard InChI is InChI=1S/C54H75N7O13/c1-6-11-45-73-41-27-37-36-19-16-33-26-35(62)22-23-52(33,4)46(36)39(63)28-53(37,5)54(41,74-45)40(64)30-72-51(71)57-29-32-14-17-34(18-15-32)58-48(68)38(12-10-24-56-50(55)70)59-49(69)47(31(2)3)60-42(65)13-8-7-9-25-61-43(66)20-21-44(61)67/h14-15,17-18,20-23,26,31,36-39,41,43,45-47,63,66H,6-13,16,19,24-25,27-30H2,1-5H3,(H,57,71)(H,58,68)(H,59,69)(H,60,65)(H3,55,56,70)/t36-,37-,38-,39-,41+,43?,45?,46+,47-,52-,53-,54+/m0/s1.